The number of nitrogens with one attached hydrogen (secondary N) is 1. The second-order valence-electron chi connectivity index (χ2n) is 5.58. The Bertz CT molecular complexity index is 464. The summed E-state index contributed by atoms with van der Waals surface area (Å²) in [5.41, 5.74) is 7.04. The minimum atomic E-state index is -0.137. The number of aryl methyl sites for hydroxylation is 1. The van der Waals surface area contributed by atoms with E-state index in [0.717, 1.165) is 12.1 Å². The Morgan fingerprint density at radius 3 is 2.72 bits per heavy atom. The van der Waals surface area contributed by atoms with Gasteiger partial charge in [-0.1, -0.05) is 6.92 Å². The van der Waals surface area contributed by atoms with E-state index < -0.39 is 0 Å². The van der Waals surface area contributed by atoms with Gasteiger partial charge in [0.15, 0.2) is 0 Å². The van der Waals surface area contributed by atoms with Gasteiger partial charge in [-0.2, -0.15) is 0 Å². The van der Waals surface area contributed by atoms with Crippen LogP contribution in [-0.2, 0) is 6.42 Å². The van der Waals surface area contributed by atoms with Crippen molar-refractivity contribution < 1.29 is 4.79 Å². The maximum atomic E-state index is 12.2. The third-order valence-electron chi connectivity index (χ3n) is 3.56. The quantitative estimate of drug-likeness (QED) is 0.856. The zero-order valence-electron chi connectivity index (χ0n) is 11.3. The van der Waals surface area contributed by atoms with Gasteiger partial charge in [0, 0.05) is 16.8 Å². The molecule has 0 aliphatic heterocycles. The molecule has 0 spiro atoms. The summed E-state index contributed by atoms with van der Waals surface area (Å²) in [6.07, 6.45) is 3.18. The van der Waals surface area contributed by atoms with Gasteiger partial charge in [-0.25, -0.2) is 4.98 Å². The Balaban J connectivity index is 2.15. The molecule has 1 saturated carbocycles. The van der Waals surface area contributed by atoms with Crippen molar-refractivity contribution in [2.24, 2.45) is 5.92 Å². The molecule has 0 unspecified atom stereocenters. The predicted molar refractivity (Wildman–Crippen MR) is 72.3 cm³/mol. The lowest BCUT2D eigenvalue weighted by Gasteiger charge is -2.26. The number of carbonyl (C=O) groups is 1. The van der Waals surface area contributed by atoms with E-state index in [9.17, 15) is 4.79 Å². The number of hydrogen-bond acceptors (Lipinski definition) is 3. The van der Waals surface area contributed by atoms with Crippen LogP contribution in [0.5, 0.6) is 0 Å². The number of nitrogens with two attached hydrogens (primary N) is 1. The van der Waals surface area contributed by atoms with Crippen LogP contribution >= 0.6 is 0 Å². The van der Waals surface area contributed by atoms with Gasteiger partial charge in [0.25, 0.3) is 5.91 Å². The molecule has 4 heteroatoms. The van der Waals surface area contributed by atoms with E-state index in [-0.39, 0.29) is 11.4 Å². The summed E-state index contributed by atoms with van der Waals surface area (Å²) in [4.78, 5) is 16.4. The van der Waals surface area contributed by atoms with Crippen LogP contribution in [0.4, 0.5) is 5.82 Å². The molecule has 3 N–H and O–H groups in total. The van der Waals surface area contributed by atoms with Crippen LogP contribution in [0.1, 0.15) is 49.7 Å². The predicted octanol–water partition coefficient (Wildman–Crippen LogP) is 2.14. The molecule has 1 aliphatic carbocycles. The normalized spacial score (nSPS) is 15.5. The van der Waals surface area contributed by atoms with Gasteiger partial charge in [-0.15, -0.1) is 0 Å². The summed E-state index contributed by atoms with van der Waals surface area (Å²) in [5, 5.41) is 3.09. The minimum absolute atomic E-state index is 0.0595. The molecule has 1 aromatic heterocycles. The van der Waals surface area contributed by atoms with Crippen LogP contribution in [0.2, 0.25) is 0 Å². The first-order valence-electron chi connectivity index (χ1n) is 6.51. The minimum Gasteiger partial charge on any atom is -0.384 e. The maximum Gasteiger partial charge on any atom is 0.251 e. The Labute approximate surface area is 108 Å². The van der Waals surface area contributed by atoms with Crippen LogP contribution in [0.25, 0.3) is 0 Å². The van der Waals surface area contributed by atoms with E-state index in [1.165, 1.54) is 12.8 Å². The lowest BCUT2D eigenvalue weighted by molar-refractivity contribution is 0.0903. The summed E-state index contributed by atoms with van der Waals surface area (Å²) in [5.74, 6) is 0.950. The first-order chi connectivity index (χ1) is 8.42. The fourth-order valence-corrected chi connectivity index (χ4v) is 2.19. The van der Waals surface area contributed by atoms with Crippen molar-refractivity contribution in [3.63, 3.8) is 0 Å². The van der Waals surface area contributed by atoms with Crippen molar-refractivity contribution in [3.05, 3.63) is 23.4 Å². The monoisotopic (exact) mass is 247 g/mol. The molecule has 4 nitrogen and oxygen atoms in total. The number of carbonyl (C=O) groups excluding carboxylic acids is 1. The molecular weight excluding hydrogens is 226 g/mol. The van der Waals surface area contributed by atoms with Gasteiger partial charge < -0.3 is 11.1 Å². The van der Waals surface area contributed by atoms with Crippen molar-refractivity contribution in [2.75, 3.05) is 5.73 Å². The summed E-state index contributed by atoms with van der Waals surface area (Å²) in [6.45, 7) is 6.15. The highest BCUT2D eigenvalue weighted by atomic mass is 16.1. The SMILES string of the molecule is CCc1cc(C(=O)NC(C)(C)C2CC2)cc(N)n1. The number of aromatic nitrogens is 1. The third-order valence-corrected chi connectivity index (χ3v) is 3.56. The van der Waals surface area contributed by atoms with Crippen LogP contribution in [-0.4, -0.2) is 16.4 Å². The van der Waals surface area contributed by atoms with Crippen molar-refractivity contribution in [3.8, 4) is 0 Å². The van der Waals surface area contributed by atoms with Gasteiger partial charge in [-0.3, -0.25) is 4.79 Å². The average molecular weight is 247 g/mol. The number of hydrogen-bond donors (Lipinski definition) is 2. The molecule has 0 bridgehead atoms. The third kappa shape index (κ3) is 2.81. The van der Waals surface area contributed by atoms with E-state index in [0.29, 0.717) is 17.3 Å². The van der Waals surface area contributed by atoms with E-state index in [1.54, 1.807) is 6.07 Å². The van der Waals surface area contributed by atoms with Crippen molar-refractivity contribution in [1.82, 2.24) is 10.3 Å². The zero-order chi connectivity index (χ0) is 13.3. The summed E-state index contributed by atoms with van der Waals surface area (Å²) in [7, 11) is 0. The highest BCUT2D eigenvalue weighted by molar-refractivity contribution is 5.95. The topological polar surface area (TPSA) is 68.0 Å². The van der Waals surface area contributed by atoms with Gasteiger partial charge in [-0.05, 0) is 51.2 Å². The molecule has 1 heterocycles. The van der Waals surface area contributed by atoms with Crippen LogP contribution < -0.4 is 11.1 Å². The number of nitrogens with zero attached hydrogens (tertiary/aromatic N) is 1. The fourth-order valence-electron chi connectivity index (χ4n) is 2.19. The Hall–Kier alpha value is -1.58. The first kappa shape index (κ1) is 12.9. The second kappa shape index (κ2) is 4.59. The molecule has 1 fully saturated rings. The van der Waals surface area contributed by atoms with Crippen molar-refractivity contribution in [1.29, 1.82) is 0 Å². The highest BCUT2D eigenvalue weighted by Gasteiger charge is 2.38. The number of pyridine rings is 1. The summed E-state index contributed by atoms with van der Waals surface area (Å²) in [6, 6.07) is 3.45. The van der Waals surface area contributed by atoms with Crippen molar-refractivity contribution >= 4 is 11.7 Å². The molecule has 0 atom stereocenters. The van der Waals surface area contributed by atoms with Gasteiger partial charge in [0.2, 0.25) is 0 Å². The highest BCUT2D eigenvalue weighted by Crippen LogP contribution is 2.39. The molecule has 98 valence electrons. The Kier molecular flexibility index (Phi) is 3.28. The van der Waals surface area contributed by atoms with Gasteiger partial charge in [0.05, 0.1) is 0 Å². The van der Waals surface area contributed by atoms with E-state index in [1.807, 2.05) is 13.0 Å². The fraction of sp³-hybridized carbons (Fsp3) is 0.571. The largest absolute Gasteiger partial charge is 0.384 e. The molecule has 0 aromatic carbocycles. The van der Waals surface area contributed by atoms with E-state index in [4.69, 9.17) is 5.73 Å². The number of rotatable bonds is 4. The van der Waals surface area contributed by atoms with Crippen LogP contribution in [0, 0.1) is 5.92 Å². The molecule has 1 amide bonds. The Morgan fingerprint density at radius 2 is 2.17 bits per heavy atom. The standard InChI is InChI=1S/C14H21N3O/c1-4-11-7-9(8-12(15)16-11)13(18)17-14(2,3)10-5-6-10/h7-8,10H,4-6H2,1-3H3,(H2,15,16)(H,17,18). The van der Waals surface area contributed by atoms with E-state index in [2.05, 4.69) is 24.1 Å². The average Bonchev–Trinajstić information content (AvgIpc) is 3.11. The smallest absolute Gasteiger partial charge is 0.251 e. The molecular formula is C14H21N3O. The molecule has 1 aromatic rings. The second-order valence-corrected chi connectivity index (χ2v) is 5.58. The van der Waals surface area contributed by atoms with Gasteiger partial charge >= 0.3 is 0 Å². The number of anilines is 1. The lowest BCUT2D eigenvalue weighted by Crippen LogP contribution is -2.45. The zero-order valence-corrected chi connectivity index (χ0v) is 11.3. The Morgan fingerprint density at radius 1 is 1.50 bits per heavy atom. The maximum absolute atomic E-state index is 12.2. The lowest BCUT2D eigenvalue weighted by atomic mass is 9.98. The van der Waals surface area contributed by atoms with Crippen LogP contribution in [0.3, 0.4) is 0 Å². The molecule has 1 aliphatic rings. The first-order valence-corrected chi connectivity index (χ1v) is 6.51. The summed E-state index contributed by atoms with van der Waals surface area (Å²) >= 11 is 0. The van der Waals surface area contributed by atoms with Crippen molar-refractivity contribution in [2.45, 2.75) is 45.6 Å². The molecule has 2 rings (SSSR count). The molecule has 0 radical (unpaired) electrons. The van der Waals surface area contributed by atoms with E-state index >= 15 is 0 Å². The number of amides is 1. The molecule has 0 saturated heterocycles. The van der Waals surface area contributed by atoms with Gasteiger partial charge in [0.1, 0.15) is 5.82 Å². The molecule has 18 heavy (non-hydrogen) atoms. The number of nitrogen functional groups attached to an aromatic ring is 1. The van der Waals surface area contributed by atoms with Crippen LogP contribution in [0.15, 0.2) is 12.1 Å². The summed E-state index contributed by atoms with van der Waals surface area (Å²) < 4.78 is 0.